The molecule has 0 aliphatic carbocycles. The van der Waals surface area contributed by atoms with Gasteiger partial charge < -0.3 is 19.9 Å². The highest BCUT2D eigenvalue weighted by atomic mass is 19.4. The third kappa shape index (κ3) is 6.25. The largest absolute Gasteiger partial charge is 0.455 e. The average molecular weight is 604 g/mol. The summed E-state index contributed by atoms with van der Waals surface area (Å²) in [5.74, 6) is 0.719. The highest BCUT2D eigenvalue weighted by molar-refractivity contribution is 5.84. The third-order valence-corrected chi connectivity index (χ3v) is 8.29. The van der Waals surface area contributed by atoms with Gasteiger partial charge in [0.25, 0.3) is 0 Å². The van der Waals surface area contributed by atoms with E-state index in [-0.39, 0.29) is 36.9 Å². The van der Waals surface area contributed by atoms with Gasteiger partial charge in [0.2, 0.25) is 5.91 Å². The normalized spacial score (nSPS) is 17.3. The van der Waals surface area contributed by atoms with Crippen molar-refractivity contribution in [1.82, 2.24) is 30.1 Å². The molecule has 1 saturated heterocycles. The van der Waals surface area contributed by atoms with E-state index in [1.165, 1.54) is 6.07 Å². The Balaban J connectivity index is 1.20. The average Bonchev–Trinajstić information content (AvgIpc) is 3.46. The number of hydrogen-bond donors (Lipinski definition) is 2. The first-order valence-electron chi connectivity index (χ1n) is 14.7. The summed E-state index contributed by atoms with van der Waals surface area (Å²) in [4.78, 5) is 29.0. The van der Waals surface area contributed by atoms with Crippen LogP contribution in [0.1, 0.15) is 52.9 Å². The number of amides is 1. The Morgan fingerprint density at radius 2 is 1.98 bits per heavy atom. The number of fused-ring (bicyclic) bond motifs is 2. The van der Waals surface area contributed by atoms with Crippen LogP contribution in [0.25, 0.3) is 11.0 Å². The van der Waals surface area contributed by atoms with Crippen LogP contribution in [0.3, 0.4) is 0 Å². The quantitative estimate of drug-likeness (QED) is 0.302. The van der Waals surface area contributed by atoms with Crippen LogP contribution in [0.15, 0.2) is 48.8 Å². The molecule has 1 amide bonds. The highest BCUT2D eigenvalue weighted by Crippen LogP contribution is 2.36. The first-order valence-corrected chi connectivity index (χ1v) is 14.7. The Labute approximate surface area is 252 Å². The minimum absolute atomic E-state index is 0.0145. The number of alkyl halides is 3. The van der Waals surface area contributed by atoms with Gasteiger partial charge in [-0.05, 0) is 47.4 Å². The topological polar surface area (TPSA) is 110 Å². The molecule has 4 aromatic rings. The maximum Gasteiger partial charge on any atom is 0.416 e. The van der Waals surface area contributed by atoms with E-state index in [0.29, 0.717) is 53.4 Å². The minimum atomic E-state index is -4.52. The zero-order valence-corrected chi connectivity index (χ0v) is 24.2. The van der Waals surface area contributed by atoms with Crippen molar-refractivity contribution in [2.75, 3.05) is 32.7 Å². The number of aromatic amines is 1. The predicted octanol–water partition coefficient (Wildman–Crippen LogP) is 5.12. The number of nitrogens with one attached hydrogen (secondary N) is 2. The molecule has 2 aliphatic rings. The standard InChI is InChI=1S/C32H32F3N7O2/c1-2-21-18-42(29(43)12-20-3-4-22(27(11-20)32(33,34)35)17-41-9-7-37-8-10-41)19-23-13-25(16-39-30(21)23)44-28-5-6-38-31-26(28)14-24(15-36)40-31/h3-6,11,13-14,16,21,37H,2,7-10,12,17-19H2,1H3,(H,38,40)/t21-/m0/s1. The second-order valence-electron chi connectivity index (χ2n) is 11.3. The molecule has 2 N–H and O–H groups in total. The molecule has 9 nitrogen and oxygen atoms in total. The van der Waals surface area contributed by atoms with Crippen molar-refractivity contribution in [1.29, 1.82) is 5.26 Å². The molecule has 3 aromatic heterocycles. The first-order chi connectivity index (χ1) is 21.2. The molecule has 2 aliphatic heterocycles. The number of hydrogen-bond acceptors (Lipinski definition) is 7. The lowest BCUT2D eigenvalue weighted by Crippen LogP contribution is -2.43. The predicted molar refractivity (Wildman–Crippen MR) is 157 cm³/mol. The first kappa shape index (κ1) is 29.6. The monoisotopic (exact) mass is 603 g/mol. The number of halogens is 3. The Hall–Kier alpha value is -4.47. The van der Waals surface area contributed by atoms with Gasteiger partial charge in [-0.1, -0.05) is 19.1 Å². The molecule has 0 unspecified atom stereocenters. The number of ether oxygens (including phenoxy) is 1. The summed E-state index contributed by atoms with van der Waals surface area (Å²) in [7, 11) is 0. The minimum Gasteiger partial charge on any atom is -0.455 e. The number of H-pyrrole nitrogens is 1. The van der Waals surface area contributed by atoms with Crippen molar-refractivity contribution in [3.63, 3.8) is 0 Å². The van der Waals surface area contributed by atoms with E-state index in [4.69, 9.17) is 4.74 Å². The maximum atomic E-state index is 14.1. The molecule has 0 bridgehead atoms. The Morgan fingerprint density at radius 3 is 2.73 bits per heavy atom. The summed E-state index contributed by atoms with van der Waals surface area (Å²) in [6, 6.07) is 11.6. The lowest BCUT2D eigenvalue weighted by Gasteiger charge is -2.34. The highest BCUT2D eigenvalue weighted by Gasteiger charge is 2.35. The number of rotatable bonds is 7. The van der Waals surface area contributed by atoms with Gasteiger partial charge in [0.05, 0.1) is 29.3 Å². The van der Waals surface area contributed by atoms with Crippen LogP contribution in [-0.4, -0.2) is 63.4 Å². The van der Waals surface area contributed by atoms with Gasteiger partial charge in [-0.3, -0.25) is 14.7 Å². The fourth-order valence-electron chi connectivity index (χ4n) is 5.99. The molecule has 44 heavy (non-hydrogen) atoms. The Morgan fingerprint density at radius 1 is 1.16 bits per heavy atom. The summed E-state index contributed by atoms with van der Waals surface area (Å²) in [6.07, 6.45) is -0.677. The summed E-state index contributed by atoms with van der Waals surface area (Å²) in [6.45, 7) is 5.83. The number of piperazine rings is 1. The number of aromatic nitrogens is 3. The molecule has 0 spiro atoms. The van der Waals surface area contributed by atoms with Gasteiger partial charge in [0.1, 0.15) is 28.9 Å². The molecule has 0 radical (unpaired) electrons. The van der Waals surface area contributed by atoms with Crippen molar-refractivity contribution in [3.8, 4) is 17.6 Å². The summed E-state index contributed by atoms with van der Waals surface area (Å²) in [5.41, 5.74) is 2.48. The van der Waals surface area contributed by atoms with Crippen LogP contribution < -0.4 is 10.1 Å². The van der Waals surface area contributed by atoms with E-state index in [9.17, 15) is 23.2 Å². The van der Waals surface area contributed by atoms with E-state index in [1.54, 1.807) is 35.5 Å². The number of benzene rings is 1. The van der Waals surface area contributed by atoms with Crippen LogP contribution in [0.2, 0.25) is 0 Å². The molecule has 228 valence electrons. The number of nitriles is 1. The number of carbonyl (C=O) groups excluding carboxylic acids is 1. The van der Waals surface area contributed by atoms with Gasteiger partial charge in [-0.25, -0.2) is 4.98 Å². The van der Waals surface area contributed by atoms with Crippen LogP contribution in [0, 0.1) is 11.3 Å². The second kappa shape index (κ2) is 12.3. The molecule has 6 rings (SSSR count). The SMILES string of the molecule is CC[C@H]1CN(C(=O)Cc2ccc(CN3CCNCC3)c(C(F)(F)F)c2)Cc2cc(Oc3ccnc4[nH]c(C#N)cc34)cnc21. The summed E-state index contributed by atoms with van der Waals surface area (Å²) < 4.78 is 48.4. The van der Waals surface area contributed by atoms with Gasteiger partial charge >= 0.3 is 6.18 Å². The second-order valence-corrected chi connectivity index (χ2v) is 11.3. The smallest absolute Gasteiger partial charge is 0.416 e. The zero-order chi connectivity index (χ0) is 30.8. The fraction of sp³-hybridized carbons (Fsp3) is 0.375. The molecule has 1 aromatic carbocycles. The number of carbonyl (C=O) groups is 1. The molecular formula is C32H32F3N7O2. The van der Waals surface area contributed by atoms with Crippen molar-refractivity contribution < 1.29 is 22.7 Å². The van der Waals surface area contributed by atoms with E-state index in [2.05, 4.69) is 26.3 Å². The van der Waals surface area contributed by atoms with Crippen molar-refractivity contribution in [3.05, 3.63) is 82.4 Å². The van der Waals surface area contributed by atoms with Crippen LogP contribution in [0.4, 0.5) is 13.2 Å². The number of pyridine rings is 2. The van der Waals surface area contributed by atoms with Crippen LogP contribution >= 0.6 is 0 Å². The van der Waals surface area contributed by atoms with Crippen LogP contribution in [-0.2, 0) is 30.5 Å². The molecular weight excluding hydrogens is 571 g/mol. The van der Waals surface area contributed by atoms with Gasteiger partial charge in [-0.2, -0.15) is 18.4 Å². The molecule has 5 heterocycles. The van der Waals surface area contributed by atoms with Gasteiger partial charge in [-0.15, -0.1) is 0 Å². The Kier molecular flexibility index (Phi) is 8.25. The fourth-order valence-corrected chi connectivity index (χ4v) is 5.99. The zero-order valence-electron chi connectivity index (χ0n) is 24.2. The summed E-state index contributed by atoms with van der Waals surface area (Å²) >= 11 is 0. The van der Waals surface area contributed by atoms with Crippen molar-refractivity contribution >= 4 is 16.9 Å². The molecule has 1 atom stereocenters. The molecule has 1 fully saturated rings. The van der Waals surface area contributed by atoms with Gasteiger partial charge in [0, 0.05) is 57.9 Å². The van der Waals surface area contributed by atoms with Crippen molar-refractivity contribution in [2.45, 2.75) is 44.9 Å². The lowest BCUT2D eigenvalue weighted by molar-refractivity contribution is -0.138. The van der Waals surface area contributed by atoms with E-state index in [0.717, 1.165) is 36.8 Å². The Bertz CT molecular complexity index is 1720. The summed E-state index contributed by atoms with van der Waals surface area (Å²) in [5, 5.41) is 13.1. The van der Waals surface area contributed by atoms with E-state index >= 15 is 0 Å². The number of nitrogens with zero attached hydrogens (tertiary/aromatic N) is 5. The van der Waals surface area contributed by atoms with Crippen molar-refractivity contribution in [2.24, 2.45) is 0 Å². The van der Waals surface area contributed by atoms with Gasteiger partial charge in [0.15, 0.2) is 0 Å². The van der Waals surface area contributed by atoms with E-state index in [1.807, 2.05) is 17.9 Å². The van der Waals surface area contributed by atoms with E-state index < -0.39 is 11.7 Å². The lowest BCUT2D eigenvalue weighted by atomic mass is 9.92. The maximum absolute atomic E-state index is 14.1. The van der Waals surface area contributed by atoms with Crippen LogP contribution in [0.5, 0.6) is 11.5 Å². The third-order valence-electron chi connectivity index (χ3n) is 8.29. The molecule has 12 heteroatoms. The molecule has 0 saturated carbocycles.